The fourth-order valence-corrected chi connectivity index (χ4v) is 1.79. The second-order valence-electron chi connectivity index (χ2n) is 4.29. The van der Waals surface area contributed by atoms with E-state index in [-0.39, 0.29) is 5.69 Å². The van der Waals surface area contributed by atoms with Gasteiger partial charge in [-0.2, -0.15) is 0 Å². The third kappa shape index (κ3) is 3.55. The van der Waals surface area contributed by atoms with Crippen LogP contribution in [0.2, 0.25) is 0 Å². The number of hydrogen-bond donors (Lipinski definition) is 1. The maximum Gasteiger partial charge on any atom is 0.269 e. The minimum Gasteiger partial charge on any atom is -0.457 e. The van der Waals surface area contributed by atoms with Crippen molar-refractivity contribution >= 4 is 11.6 Å². The molecule has 1 unspecified atom stereocenters. The number of nitro groups is 1. The summed E-state index contributed by atoms with van der Waals surface area (Å²) in [5.41, 5.74) is 5.50. The number of nitro benzene ring substituents is 1. The maximum absolute atomic E-state index is 11.3. The quantitative estimate of drug-likeness (QED) is 0.643. The zero-order valence-electron chi connectivity index (χ0n) is 11.6. The summed E-state index contributed by atoms with van der Waals surface area (Å²) in [5.74, 6) is 0.153. The van der Waals surface area contributed by atoms with Crippen LogP contribution >= 0.6 is 0 Å². The van der Waals surface area contributed by atoms with Crippen molar-refractivity contribution in [2.24, 2.45) is 5.73 Å². The molecule has 22 heavy (non-hydrogen) atoms. The SMILES string of the molecule is COC(C(N)=O)c1cc(Oc2ccc([N+](=O)[O-])cc2)ccn1. The number of carbonyl (C=O) groups is 1. The van der Waals surface area contributed by atoms with E-state index < -0.39 is 16.9 Å². The summed E-state index contributed by atoms with van der Waals surface area (Å²) in [6.45, 7) is 0. The summed E-state index contributed by atoms with van der Waals surface area (Å²) in [6.07, 6.45) is 0.478. The monoisotopic (exact) mass is 303 g/mol. The Bertz CT molecular complexity index is 687. The van der Waals surface area contributed by atoms with Gasteiger partial charge in [-0.1, -0.05) is 0 Å². The van der Waals surface area contributed by atoms with Crippen LogP contribution in [0.15, 0.2) is 42.6 Å². The van der Waals surface area contributed by atoms with Gasteiger partial charge < -0.3 is 15.2 Å². The van der Waals surface area contributed by atoms with Gasteiger partial charge in [0.05, 0.1) is 10.6 Å². The molecule has 2 N–H and O–H groups in total. The number of aromatic nitrogens is 1. The molecule has 2 aromatic rings. The highest BCUT2D eigenvalue weighted by Gasteiger charge is 2.19. The summed E-state index contributed by atoms with van der Waals surface area (Å²) in [7, 11) is 1.35. The van der Waals surface area contributed by atoms with Crippen molar-refractivity contribution in [2.75, 3.05) is 7.11 Å². The number of benzene rings is 1. The molecule has 2 rings (SSSR count). The number of nitrogens with two attached hydrogens (primary N) is 1. The molecular weight excluding hydrogens is 290 g/mol. The zero-order chi connectivity index (χ0) is 16.1. The number of methoxy groups -OCH3 is 1. The average molecular weight is 303 g/mol. The normalized spacial score (nSPS) is 11.7. The smallest absolute Gasteiger partial charge is 0.269 e. The van der Waals surface area contributed by atoms with Gasteiger partial charge in [-0.15, -0.1) is 0 Å². The van der Waals surface area contributed by atoms with Crippen LogP contribution in [0.5, 0.6) is 11.5 Å². The number of rotatable bonds is 6. The standard InChI is InChI=1S/C14H13N3O5/c1-21-13(14(15)18)12-8-11(6-7-16-12)22-10-4-2-9(3-5-10)17(19)20/h2-8,13H,1H3,(H2,15,18). The third-order valence-electron chi connectivity index (χ3n) is 2.80. The number of nitrogens with zero attached hydrogens (tertiary/aromatic N) is 2. The van der Waals surface area contributed by atoms with Crippen LogP contribution < -0.4 is 10.5 Å². The Hall–Kier alpha value is -3.00. The molecule has 1 amide bonds. The third-order valence-corrected chi connectivity index (χ3v) is 2.80. The number of ether oxygens (including phenoxy) is 2. The van der Waals surface area contributed by atoms with Crippen LogP contribution in [0.3, 0.4) is 0 Å². The van der Waals surface area contributed by atoms with E-state index in [1.54, 1.807) is 6.07 Å². The fraction of sp³-hybridized carbons (Fsp3) is 0.143. The summed E-state index contributed by atoms with van der Waals surface area (Å²) in [4.78, 5) is 25.4. The minimum absolute atomic E-state index is 0.0315. The minimum atomic E-state index is -0.972. The summed E-state index contributed by atoms with van der Waals surface area (Å²) < 4.78 is 10.5. The second kappa shape index (κ2) is 6.64. The molecule has 1 atom stereocenters. The largest absolute Gasteiger partial charge is 0.457 e. The van der Waals surface area contributed by atoms with Gasteiger partial charge in [0.1, 0.15) is 11.5 Å². The van der Waals surface area contributed by atoms with E-state index in [1.165, 1.54) is 43.6 Å². The number of non-ortho nitro benzene ring substituents is 1. The van der Waals surface area contributed by atoms with E-state index in [0.717, 1.165) is 0 Å². The van der Waals surface area contributed by atoms with E-state index >= 15 is 0 Å². The molecule has 0 spiro atoms. The lowest BCUT2D eigenvalue weighted by Crippen LogP contribution is -2.23. The van der Waals surface area contributed by atoms with Crippen molar-refractivity contribution in [3.05, 3.63) is 58.4 Å². The molecule has 8 nitrogen and oxygen atoms in total. The molecule has 114 valence electrons. The summed E-state index contributed by atoms with van der Waals surface area (Å²) in [6, 6.07) is 8.71. The average Bonchev–Trinajstić information content (AvgIpc) is 2.48. The molecule has 1 aromatic heterocycles. The molecule has 0 aliphatic heterocycles. The predicted octanol–water partition coefficient (Wildman–Crippen LogP) is 1.95. The van der Waals surface area contributed by atoms with Gasteiger partial charge in [-0.3, -0.25) is 19.9 Å². The molecule has 0 aliphatic rings. The van der Waals surface area contributed by atoms with E-state index in [4.69, 9.17) is 15.2 Å². The van der Waals surface area contributed by atoms with Gasteiger partial charge in [0, 0.05) is 31.5 Å². The first-order valence-corrected chi connectivity index (χ1v) is 6.21. The topological polar surface area (TPSA) is 118 Å². The van der Waals surface area contributed by atoms with E-state index in [2.05, 4.69) is 4.98 Å². The second-order valence-corrected chi connectivity index (χ2v) is 4.29. The Labute approximate surface area is 125 Å². The first-order chi connectivity index (χ1) is 10.5. The Morgan fingerprint density at radius 1 is 1.27 bits per heavy atom. The van der Waals surface area contributed by atoms with E-state index in [1.807, 2.05) is 0 Å². The van der Waals surface area contributed by atoms with Crippen LogP contribution in [0, 0.1) is 10.1 Å². The van der Waals surface area contributed by atoms with Crippen LogP contribution in [0.4, 0.5) is 5.69 Å². The number of pyridine rings is 1. The van der Waals surface area contributed by atoms with Crippen molar-refractivity contribution in [1.82, 2.24) is 4.98 Å². The Morgan fingerprint density at radius 2 is 1.95 bits per heavy atom. The molecule has 0 saturated heterocycles. The molecule has 0 aliphatic carbocycles. The highest BCUT2D eigenvalue weighted by Crippen LogP contribution is 2.25. The number of primary amides is 1. The fourth-order valence-electron chi connectivity index (χ4n) is 1.79. The molecule has 0 fully saturated rings. The van der Waals surface area contributed by atoms with Crippen molar-refractivity contribution in [1.29, 1.82) is 0 Å². The highest BCUT2D eigenvalue weighted by molar-refractivity contribution is 5.80. The van der Waals surface area contributed by atoms with Gasteiger partial charge in [-0.05, 0) is 18.2 Å². The van der Waals surface area contributed by atoms with Crippen molar-refractivity contribution < 1.29 is 19.2 Å². The van der Waals surface area contributed by atoms with Crippen molar-refractivity contribution in [2.45, 2.75) is 6.10 Å². The Morgan fingerprint density at radius 3 is 2.50 bits per heavy atom. The van der Waals surface area contributed by atoms with Gasteiger partial charge in [0.2, 0.25) is 0 Å². The molecule has 1 heterocycles. The first kappa shape index (κ1) is 15.4. The van der Waals surface area contributed by atoms with Gasteiger partial charge in [-0.25, -0.2) is 0 Å². The van der Waals surface area contributed by atoms with Gasteiger partial charge in [0.15, 0.2) is 6.10 Å². The lowest BCUT2D eigenvalue weighted by molar-refractivity contribution is -0.384. The van der Waals surface area contributed by atoms with Crippen molar-refractivity contribution in [3.63, 3.8) is 0 Å². The number of carbonyl (C=O) groups excluding carboxylic acids is 1. The number of amides is 1. The Kier molecular flexibility index (Phi) is 4.64. The molecule has 0 saturated carbocycles. The highest BCUT2D eigenvalue weighted by atomic mass is 16.6. The molecular formula is C14H13N3O5. The molecule has 0 bridgehead atoms. The summed E-state index contributed by atoms with van der Waals surface area (Å²) in [5, 5.41) is 10.6. The zero-order valence-corrected chi connectivity index (χ0v) is 11.6. The lowest BCUT2D eigenvalue weighted by atomic mass is 10.2. The van der Waals surface area contributed by atoms with E-state index in [9.17, 15) is 14.9 Å². The van der Waals surface area contributed by atoms with Gasteiger partial charge >= 0.3 is 0 Å². The number of hydrogen-bond acceptors (Lipinski definition) is 6. The van der Waals surface area contributed by atoms with Crippen LogP contribution in [0.1, 0.15) is 11.8 Å². The maximum atomic E-state index is 11.3. The van der Waals surface area contributed by atoms with Crippen LogP contribution in [-0.4, -0.2) is 22.9 Å². The van der Waals surface area contributed by atoms with Crippen molar-refractivity contribution in [3.8, 4) is 11.5 Å². The first-order valence-electron chi connectivity index (χ1n) is 6.21. The van der Waals surface area contributed by atoms with E-state index in [0.29, 0.717) is 17.2 Å². The van der Waals surface area contributed by atoms with Crippen LogP contribution in [-0.2, 0) is 9.53 Å². The predicted molar refractivity (Wildman–Crippen MR) is 76.4 cm³/mol. The van der Waals surface area contributed by atoms with Gasteiger partial charge in [0.25, 0.3) is 11.6 Å². The Balaban J connectivity index is 2.19. The molecule has 8 heteroatoms. The molecule has 0 radical (unpaired) electrons. The lowest BCUT2D eigenvalue weighted by Gasteiger charge is -2.12. The summed E-state index contributed by atoms with van der Waals surface area (Å²) >= 11 is 0. The van der Waals surface area contributed by atoms with Crippen LogP contribution in [0.25, 0.3) is 0 Å². The molecule has 1 aromatic carbocycles.